The van der Waals surface area contributed by atoms with Crippen LogP contribution in [-0.4, -0.2) is 58.3 Å². The molecule has 0 bridgehead atoms. The average Bonchev–Trinajstić information content (AvgIpc) is 3.25. The monoisotopic (exact) mass is 319 g/mol. The van der Waals surface area contributed by atoms with Crippen molar-refractivity contribution in [2.45, 2.75) is 13.0 Å². The first kappa shape index (κ1) is 14.8. The topological polar surface area (TPSA) is 75.6 Å². The van der Waals surface area contributed by atoms with Gasteiger partial charge in [-0.15, -0.1) is 11.3 Å². The molecule has 0 amide bonds. The van der Waals surface area contributed by atoms with Crippen LogP contribution in [0.3, 0.4) is 0 Å². The van der Waals surface area contributed by atoms with Crippen LogP contribution in [0, 0.1) is 0 Å². The fourth-order valence-corrected chi connectivity index (χ4v) is 3.15. The van der Waals surface area contributed by atoms with E-state index in [2.05, 4.69) is 24.9 Å². The summed E-state index contributed by atoms with van der Waals surface area (Å²) >= 11 is 1.68. The number of rotatable bonds is 5. The van der Waals surface area contributed by atoms with Crippen molar-refractivity contribution < 1.29 is 0 Å². The molecule has 1 aliphatic rings. The first-order valence-corrected chi connectivity index (χ1v) is 8.37. The number of hydrogen-bond donors (Lipinski definition) is 1. The van der Waals surface area contributed by atoms with Crippen LogP contribution in [-0.2, 0) is 6.54 Å². The number of piperazine rings is 1. The Hall–Kier alpha value is -2.09. The van der Waals surface area contributed by atoms with Crippen LogP contribution in [0.4, 0.5) is 5.13 Å². The van der Waals surface area contributed by atoms with Crippen molar-refractivity contribution >= 4 is 22.4 Å². The van der Waals surface area contributed by atoms with E-state index in [0.29, 0.717) is 5.96 Å². The van der Waals surface area contributed by atoms with Crippen LogP contribution < -0.4 is 10.6 Å². The summed E-state index contributed by atoms with van der Waals surface area (Å²) in [7, 11) is 0. The lowest BCUT2D eigenvalue weighted by atomic mass is 10.3. The number of nitrogens with zero attached hydrogens (tertiary/aromatic N) is 6. The summed E-state index contributed by atoms with van der Waals surface area (Å²) in [5.41, 5.74) is 6.09. The van der Waals surface area contributed by atoms with E-state index in [9.17, 15) is 0 Å². The first-order valence-electron chi connectivity index (χ1n) is 7.49. The molecule has 7 nitrogen and oxygen atoms in total. The molecular weight excluding hydrogens is 298 g/mol. The Morgan fingerprint density at radius 1 is 1.27 bits per heavy atom. The molecule has 0 radical (unpaired) electrons. The molecule has 22 heavy (non-hydrogen) atoms. The standard InChI is InChI=1S/C14H21N7S/c15-13(16-3-1-6-21-7-2-4-18-21)19-8-10-20(11-9-19)14-17-5-12-22-14/h2,4-5,7,12H,1,3,6,8-11H2,(H2,15,16). The Morgan fingerprint density at radius 2 is 2.14 bits per heavy atom. The van der Waals surface area contributed by atoms with E-state index in [1.165, 1.54) is 0 Å². The normalized spacial score (nSPS) is 16.3. The van der Waals surface area contributed by atoms with Crippen LogP contribution in [0.2, 0.25) is 0 Å². The third kappa shape index (κ3) is 3.76. The first-order chi connectivity index (χ1) is 10.8. The molecule has 0 saturated carbocycles. The van der Waals surface area contributed by atoms with Gasteiger partial charge in [0.05, 0.1) is 0 Å². The molecule has 2 aromatic rings. The van der Waals surface area contributed by atoms with Gasteiger partial charge in [0.1, 0.15) is 0 Å². The minimum atomic E-state index is 0.652. The summed E-state index contributed by atoms with van der Waals surface area (Å²) in [4.78, 5) is 13.3. The van der Waals surface area contributed by atoms with Crippen molar-refractivity contribution in [3.63, 3.8) is 0 Å². The molecule has 3 rings (SSSR count). The highest BCUT2D eigenvalue weighted by atomic mass is 32.1. The van der Waals surface area contributed by atoms with E-state index in [4.69, 9.17) is 5.73 Å². The van der Waals surface area contributed by atoms with Gasteiger partial charge in [-0.3, -0.25) is 9.67 Å². The van der Waals surface area contributed by atoms with Crippen molar-refractivity contribution in [1.82, 2.24) is 19.7 Å². The molecule has 2 aromatic heterocycles. The number of thiazole rings is 1. The third-order valence-electron chi connectivity index (χ3n) is 3.67. The summed E-state index contributed by atoms with van der Waals surface area (Å²) in [6, 6.07) is 1.93. The second kappa shape index (κ2) is 7.26. The number of nitrogens with two attached hydrogens (primary N) is 1. The molecule has 3 heterocycles. The Balaban J connectivity index is 1.41. The number of anilines is 1. The van der Waals surface area contributed by atoms with Crippen LogP contribution in [0.1, 0.15) is 6.42 Å². The molecule has 1 saturated heterocycles. The van der Waals surface area contributed by atoms with E-state index < -0.39 is 0 Å². The van der Waals surface area contributed by atoms with Gasteiger partial charge < -0.3 is 15.5 Å². The Labute approximate surface area is 134 Å². The molecule has 0 unspecified atom stereocenters. The van der Waals surface area contributed by atoms with Gasteiger partial charge in [-0.05, 0) is 12.5 Å². The largest absolute Gasteiger partial charge is 0.370 e. The fourth-order valence-electron chi connectivity index (χ4n) is 2.46. The van der Waals surface area contributed by atoms with E-state index in [0.717, 1.165) is 50.8 Å². The summed E-state index contributed by atoms with van der Waals surface area (Å²) in [5.74, 6) is 0.652. The van der Waals surface area contributed by atoms with Gasteiger partial charge >= 0.3 is 0 Å². The lowest BCUT2D eigenvalue weighted by molar-refractivity contribution is 0.380. The minimum Gasteiger partial charge on any atom is -0.370 e. The van der Waals surface area contributed by atoms with Gasteiger partial charge in [-0.25, -0.2) is 4.98 Å². The molecule has 1 fully saturated rings. The Bertz CT molecular complexity index is 570. The zero-order valence-corrected chi connectivity index (χ0v) is 13.3. The van der Waals surface area contributed by atoms with Gasteiger partial charge in [0.15, 0.2) is 11.1 Å². The number of aryl methyl sites for hydroxylation is 1. The van der Waals surface area contributed by atoms with Crippen LogP contribution in [0.25, 0.3) is 0 Å². The fraction of sp³-hybridized carbons (Fsp3) is 0.500. The van der Waals surface area contributed by atoms with E-state index in [1.807, 2.05) is 28.5 Å². The molecule has 0 aromatic carbocycles. The Morgan fingerprint density at radius 3 is 2.82 bits per heavy atom. The smallest absolute Gasteiger partial charge is 0.191 e. The molecular formula is C14H21N7S. The van der Waals surface area contributed by atoms with Gasteiger partial charge in [0, 0.05) is 63.2 Å². The highest BCUT2D eigenvalue weighted by Crippen LogP contribution is 2.18. The van der Waals surface area contributed by atoms with Gasteiger partial charge in [0.2, 0.25) is 0 Å². The highest BCUT2D eigenvalue weighted by Gasteiger charge is 2.19. The summed E-state index contributed by atoms with van der Waals surface area (Å²) in [6.07, 6.45) is 6.55. The molecule has 0 aliphatic carbocycles. The van der Waals surface area contributed by atoms with Crippen molar-refractivity contribution in [2.24, 2.45) is 10.7 Å². The minimum absolute atomic E-state index is 0.652. The predicted octanol–water partition coefficient (Wildman–Crippen LogP) is 0.867. The molecule has 118 valence electrons. The maximum absolute atomic E-state index is 6.09. The maximum Gasteiger partial charge on any atom is 0.191 e. The number of aromatic nitrogens is 3. The SMILES string of the molecule is NC(=NCCCn1cccn1)N1CCN(c2nccs2)CC1. The van der Waals surface area contributed by atoms with Crippen LogP contribution >= 0.6 is 11.3 Å². The van der Waals surface area contributed by atoms with Gasteiger partial charge in [-0.1, -0.05) is 0 Å². The second-order valence-electron chi connectivity index (χ2n) is 5.15. The average molecular weight is 319 g/mol. The number of aliphatic imine (C=N–C) groups is 1. The van der Waals surface area contributed by atoms with Crippen molar-refractivity contribution in [3.8, 4) is 0 Å². The Kier molecular flexibility index (Phi) is 4.89. The quantitative estimate of drug-likeness (QED) is 0.503. The van der Waals surface area contributed by atoms with Gasteiger partial charge in [0.25, 0.3) is 0 Å². The second-order valence-corrected chi connectivity index (χ2v) is 6.02. The summed E-state index contributed by atoms with van der Waals surface area (Å²) in [5, 5.41) is 7.27. The number of hydrogen-bond acceptors (Lipinski definition) is 5. The van der Waals surface area contributed by atoms with Crippen LogP contribution in [0.15, 0.2) is 35.0 Å². The highest BCUT2D eigenvalue weighted by molar-refractivity contribution is 7.13. The van der Waals surface area contributed by atoms with E-state index in [-0.39, 0.29) is 0 Å². The molecule has 8 heteroatoms. The van der Waals surface area contributed by atoms with Crippen molar-refractivity contribution in [2.75, 3.05) is 37.6 Å². The summed E-state index contributed by atoms with van der Waals surface area (Å²) in [6.45, 7) is 5.29. The zero-order chi connectivity index (χ0) is 15.2. The maximum atomic E-state index is 6.09. The van der Waals surface area contributed by atoms with E-state index in [1.54, 1.807) is 17.5 Å². The lowest BCUT2D eigenvalue weighted by Gasteiger charge is -2.35. The van der Waals surface area contributed by atoms with Gasteiger partial charge in [-0.2, -0.15) is 5.10 Å². The zero-order valence-electron chi connectivity index (χ0n) is 12.5. The lowest BCUT2D eigenvalue weighted by Crippen LogP contribution is -2.51. The predicted molar refractivity (Wildman–Crippen MR) is 89.2 cm³/mol. The summed E-state index contributed by atoms with van der Waals surface area (Å²) < 4.78 is 1.92. The van der Waals surface area contributed by atoms with Crippen molar-refractivity contribution in [3.05, 3.63) is 30.0 Å². The van der Waals surface area contributed by atoms with Crippen LogP contribution in [0.5, 0.6) is 0 Å². The molecule has 0 atom stereocenters. The number of guanidine groups is 1. The van der Waals surface area contributed by atoms with Crippen molar-refractivity contribution in [1.29, 1.82) is 0 Å². The molecule has 0 spiro atoms. The van der Waals surface area contributed by atoms with E-state index >= 15 is 0 Å². The third-order valence-corrected chi connectivity index (χ3v) is 4.50. The molecule has 2 N–H and O–H groups in total. The molecule has 1 aliphatic heterocycles.